The SMILES string of the molecule is Cc1ccccc1NC(=O)c1cnc2onc(C(C)C)c2c1. The number of amides is 1. The van der Waals surface area contributed by atoms with Crippen LogP contribution in [0.5, 0.6) is 0 Å². The van der Waals surface area contributed by atoms with E-state index in [-0.39, 0.29) is 11.8 Å². The van der Waals surface area contributed by atoms with Gasteiger partial charge in [-0.2, -0.15) is 0 Å². The van der Waals surface area contributed by atoms with Gasteiger partial charge in [0.25, 0.3) is 11.6 Å². The molecule has 0 radical (unpaired) electrons. The molecule has 0 aliphatic rings. The fourth-order valence-corrected chi connectivity index (χ4v) is 2.30. The van der Waals surface area contributed by atoms with Crippen molar-refractivity contribution >= 4 is 22.7 Å². The van der Waals surface area contributed by atoms with E-state index >= 15 is 0 Å². The molecule has 22 heavy (non-hydrogen) atoms. The summed E-state index contributed by atoms with van der Waals surface area (Å²) >= 11 is 0. The molecular weight excluding hydrogens is 278 g/mol. The van der Waals surface area contributed by atoms with Crippen molar-refractivity contribution in [3.63, 3.8) is 0 Å². The summed E-state index contributed by atoms with van der Waals surface area (Å²) in [6.45, 7) is 6.00. The second kappa shape index (κ2) is 5.60. The van der Waals surface area contributed by atoms with E-state index in [1.165, 1.54) is 6.20 Å². The topological polar surface area (TPSA) is 68.0 Å². The van der Waals surface area contributed by atoms with Gasteiger partial charge in [0.1, 0.15) is 0 Å². The van der Waals surface area contributed by atoms with Crippen LogP contribution in [0, 0.1) is 6.92 Å². The van der Waals surface area contributed by atoms with E-state index in [4.69, 9.17) is 4.52 Å². The van der Waals surface area contributed by atoms with Crippen LogP contribution < -0.4 is 5.32 Å². The first kappa shape index (κ1) is 14.3. The Morgan fingerprint density at radius 1 is 1.27 bits per heavy atom. The van der Waals surface area contributed by atoms with Crippen LogP contribution in [0.4, 0.5) is 5.69 Å². The summed E-state index contributed by atoms with van der Waals surface area (Å²) in [4.78, 5) is 16.6. The molecule has 0 saturated heterocycles. The average molecular weight is 295 g/mol. The Balaban J connectivity index is 1.94. The summed E-state index contributed by atoms with van der Waals surface area (Å²) in [5.41, 5.74) is 3.56. The summed E-state index contributed by atoms with van der Waals surface area (Å²) < 4.78 is 5.19. The lowest BCUT2D eigenvalue weighted by Gasteiger charge is -2.08. The van der Waals surface area contributed by atoms with Crippen LogP contribution in [0.2, 0.25) is 0 Å². The van der Waals surface area contributed by atoms with Crippen molar-refractivity contribution < 1.29 is 9.32 Å². The predicted octanol–water partition coefficient (Wildman–Crippen LogP) is 3.91. The Hall–Kier alpha value is -2.69. The van der Waals surface area contributed by atoms with Crippen molar-refractivity contribution in [2.75, 3.05) is 5.32 Å². The highest BCUT2D eigenvalue weighted by Gasteiger charge is 2.16. The van der Waals surface area contributed by atoms with Crippen LogP contribution in [0.1, 0.15) is 41.4 Å². The normalized spacial score (nSPS) is 11.1. The van der Waals surface area contributed by atoms with Gasteiger partial charge in [-0.05, 0) is 30.5 Å². The third-order valence-electron chi connectivity index (χ3n) is 3.56. The van der Waals surface area contributed by atoms with Crippen molar-refractivity contribution in [2.24, 2.45) is 0 Å². The fourth-order valence-electron chi connectivity index (χ4n) is 2.30. The smallest absolute Gasteiger partial charge is 0.257 e. The number of aryl methyl sites for hydroxylation is 1. The first-order valence-corrected chi connectivity index (χ1v) is 7.18. The van der Waals surface area contributed by atoms with E-state index in [0.717, 1.165) is 22.3 Å². The number of anilines is 1. The summed E-state index contributed by atoms with van der Waals surface area (Å²) in [6, 6.07) is 9.43. The van der Waals surface area contributed by atoms with E-state index in [2.05, 4.69) is 15.5 Å². The minimum Gasteiger partial charge on any atom is -0.336 e. The number of benzene rings is 1. The first-order chi connectivity index (χ1) is 10.6. The third kappa shape index (κ3) is 2.57. The van der Waals surface area contributed by atoms with Crippen LogP contribution in [0.3, 0.4) is 0 Å². The number of aromatic nitrogens is 2. The molecule has 2 aromatic heterocycles. The molecule has 1 N–H and O–H groups in total. The lowest BCUT2D eigenvalue weighted by Crippen LogP contribution is -2.13. The number of para-hydroxylation sites is 1. The van der Waals surface area contributed by atoms with Gasteiger partial charge < -0.3 is 9.84 Å². The van der Waals surface area contributed by atoms with Gasteiger partial charge in [-0.3, -0.25) is 4.79 Å². The summed E-state index contributed by atoms with van der Waals surface area (Å²) in [7, 11) is 0. The average Bonchev–Trinajstić information content (AvgIpc) is 2.92. The molecule has 0 saturated carbocycles. The lowest BCUT2D eigenvalue weighted by molar-refractivity contribution is 0.102. The van der Waals surface area contributed by atoms with E-state index in [1.807, 2.05) is 45.0 Å². The minimum atomic E-state index is -0.195. The molecule has 2 heterocycles. The van der Waals surface area contributed by atoms with E-state index in [0.29, 0.717) is 11.3 Å². The second-order valence-corrected chi connectivity index (χ2v) is 5.57. The van der Waals surface area contributed by atoms with Crippen molar-refractivity contribution in [3.8, 4) is 0 Å². The maximum atomic E-state index is 12.4. The molecular formula is C17H17N3O2. The Labute approximate surface area is 128 Å². The maximum Gasteiger partial charge on any atom is 0.257 e. The largest absolute Gasteiger partial charge is 0.336 e. The van der Waals surface area contributed by atoms with Gasteiger partial charge in [0, 0.05) is 11.9 Å². The van der Waals surface area contributed by atoms with Crippen LogP contribution in [-0.4, -0.2) is 16.0 Å². The van der Waals surface area contributed by atoms with Crippen molar-refractivity contribution in [1.29, 1.82) is 0 Å². The van der Waals surface area contributed by atoms with Gasteiger partial charge in [-0.15, -0.1) is 0 Å². The maximum absolute atomic E-state index is 12.4. The number of rotatable bonds is 3. The van der Waals surface area contributed by atoms with Crippen molar-refractivity contribution in [1.82, 2.24) is 10.1 Å². The van der Waals surface area contributed by atoms with Gasteiger partial charge in [0.2, 0.25) is 0 Å². The zero-order valence-corrected chi connectivity index (χ0v) is 12.8. The number of nitrogens with one attached hydrogen (secondary N) is 1. The van der Waals surface area contributed by atoms with Gasteiger partial charge in [0.05, 0.1) is 16.6 Å². The molecule has 0 fully saturated rings. The Kier molecular flexibility index (Phi) is 3.63. The minimum absolute atomic E-state index is 0.195. The molecule has 3 aromatic rings. The van der Waals surface area contributed by atoms with E-state index < -0.39 is 0 Å². The first-order valence-electron chi connectivity index (χ1n) is 7.18. The molecule has 0 aliphatic carbocycles. The molecule has 3 rings (SSSR count). The fraction of sp³-hybridized carbons (Fsp3) is 0.235. The number of carbonyl (C=O) groups excluding carboxylic acids is 1. The number of hydrogen-bond acceptors (Lipinski definition) is 4. The van der Waals surface area contributed by atoms with Crippen molar-refractivity contribution in [2.45, 2.75) is 26.7 Å². The quantitative estimate of drug-likeness (QED) is 0.795. The molecule has 0 aliphatic heterocycles. The summed E-state index contributed by atoms with van der Waals surface area (Å²) in [5.74, 6) is 0.0114. The highest BCUT2D eigenvalue weighted by atomic mass is 16.5. The summed E-state index contributed by atoms with van der Waals surface area (Å²) in [5, 5.41) is 7.71. The Morgan fingerprint density at radius 3 is 2.77 bits per heavy atom. The van der Waals surface area contributed by atoms with Crippen molar-refractivity contribution in [3.05, 3.63) is 53.3 Å². The zero-order chi connectivity index (χ0) is 15.7. The Bertz CT molecular complexity index is 837. The molecule has 0 unspecified atom stereocenters. The molecule has 1 aromatic carbocycles. The highest BCUT2D eigenvalue weighted by Crippen LogP contribution is 2.24. The number of carbonyl (C=O) groups is 1. The number of pyridine rings is 1. The molecule has 0 bridgehead atoms. The molecule has 0 atom stereocenters. The lowest BCUT2D eigenvalue weighted by atomic mass is 10.1. The molecule has 0 spiro atoms. The predicted molar refractivity (Wildman–Crippen MR) is 85.0 cm³/mol. The molecule has 5 nitrogen and oxygen atoms in total. The van der Waals surface area contributed by atoms with E-state index in [1.54, 1.807) is 6.07 Å². The third-order valence-corrected chi connectivity index (χ3v) is 3.56. The van der Waals surface area contributed by atoms with Gasteiger partial charge >= 0.3 is 0 Å². The number of hydrogen-bond donors (Lipinski definition) is 1. The van der Waals surface area contributed by atoms with Crippen LogP contribution in [0.25, 0.3) is 11.1 Å². The molecule has 1 amide bonds. The van der Waals surface area contributed by atoms with Crippen LogP contribution in [0.15, 0.2) is 41.1 Å². The zero-order valence-electron chi connectivity index (χ0n) is 12.8. The second-order valence-electron chi connectivity index (χ2n) is 5.57. The number of fused-ring (bicyclic) bond motifs is 1. The van der Waals surface area contributed by atoms with Crippen LogP contribution >= 0.6 is 0 Å². The van der Waals surface area contributed by atoms with Gasteiger partial charge in [0.15, 0.2) is 0 Å². The van der Waals surface area contributed by atoms with Gasteiger partial charge in [-0.1, -0.05) is 37.2 Å². The van der Waals surface area contributed by atoms with Gasteiger partial charge in [-0.25, -0.2) is 4.98 Å². The highest BCUT2D eigenvalue weighted by molar-refractivity contribution is 6.06. The monoisotopic (exact) mass is 295 g/mol. The molecule has 112 valence electrons. The van der Waals surface area contributed by atoms with E-state index in [9.17, 15) is 4.79 Å². The number of nitrogens with zero attached hydrogens (tertiary/aromatic N) is 2. The Morgan fingerprint density at radius 2 is 2.05 bits per heavy atom. The molecule has 5 heteroatoms. The summed E-state index contributed by atoms with van der Waals surface area (Å²) in [6.07, 6.45) is 1.51. The standard InChI is InChI=1S/C17H17N3O2/c1-10(2)15-13-8-12(9-18-17(13)22-20-15)16(21)19-14-7-5-4-6-11(14)3/h4-10H,1-3H3,(H,19,21). The van der Waals surface area contributed by atoms with Crippen LogP contribution in [-0.2, 0) is 0 Å².